The van der Waals surface area contributed by atoms with E-state index in [0.29, 0.717) is 30.0 Å². The molecule has 1 aromatic heterocycles. The van der Waals surface area contributed by atoms with Crippen LogP contribution in [0.1, 0.15) is 42.9 Å². The summed E-state index contributed by atoms with van der Waals surface area (Å²) >= 11 is 0. The van der Waals surface area contributed by atoms with E-state index in [1.807, 2.05) is 4.90 Å². The molecule has 1 aliphatic rings. The Morgan fingerprint density at radius 3 is 3.05 bits per heavy atom. The fraction of sp³-hybridized carbons (Fsp3) is 0.733. The van der Waals surface area contributed by atoms with Crippen molar-refractivity contribution in [2.45, 2.75) is 39.3 Å². The molecule has 118 valence electrons. The van der Waals surface area contributed by atoms with Gasteiger partial charge in [-0.3, -0.25) is 4.79 Å². The molecule has 1 saturated heterocycles. The van der Waals surface area contributed by atoms with Crippen molar-refractivity contribution in [2.75, 3.05) is 26.7 Å². The van der Waals surface area contributed by atoms with Crippen LogP contribution in [0.5, 0.6) is 0 Å². The average molecular weight is 295 g/mol. The highest BCUT2D eigenvalue weighted by Crippen LogP contribution is 2.13. The number of hydrogen-bond acceptors (Lipinski definition) is 5. The molecule has 0 saturated carbocycles. The Labute approximate surface area is 125 Å². The minimum Gasteiger partial charge on any atom is -0.377 e. The minimum atomic E-state index is -0.0662. The van der Waals surface area contributed by atoms with Gasteiger partial charge in [-0.05, 0) is 25.3 Å². The Morgan fingerprint density at radius 2 is 2.43 bits per heavy atom. The summed E-state index contributed by atoms with van der Waals surface area (Å²) in [6.45, 7) is 7.04. The van der Waals surface area contributed by atoms with Crippen LogP contribution in [0.4, 0.5) is 0 Å². The predicted molar refractivity (Wildman–Crippen MR) is 79.0 cm³/mol. The second kappa shape index (κ2) is 7.56. The van der Waals surface area contributed by atoms with Crippen molar-refractivity contribution in [1.29, 1.82) is 0 Å². The summed E-state index contributed by atoms with van der Waals surface area (Å²) in [5, 5.41) is 7.31. The Morgan fingerprint density at radius 1 is 1.62 bits per heavy atom. The molecule has 1 amide bonds. The van der Waals surface area contributed by atoms with Gasteiger partial charge in [0, 0.05) is 32.3 Å². The molecule has 0 aromatic carbocycles. The second-order valence-corrected chi connectivity index (χ2v) is 6.01. The Bertz CT molecular complexity index is 453. The van der Waals surface area contributed by atoms with Crippen molar-refractivity contribution in [2.24, 2.45) is 5.92 Å². The normalized spacial score (nSPS) is 18.4. The summed E-state index contributed by atoms with van der Waals surface area (Å²) in [6.07, 6.45) is 2.30. The molecule has 1 atom stereocenters. The number of hydrogen-bond donors (Lipinski definition) is 1. The van der Waals surface area contributed by atoms with E-state index in [-0.39, 0.29) is 5.91 Å². The number of methoxy groups -OCH3 is 1. The summed E-state index contributed by atoms with van der Waals surface area (Å²) in [7, 11) is 1.58. The molecule has 0 radical (unpaired) electrons. The van der Waals surface area contributed by atoms with Crippen LogP contribution in [-0.2, 0) is 11.3 Å². The Hall–Kier alpha value is -1.40. The SMILES string of the molecule is COCc1cc(C(=O)N(CC(C)C)CC2CCCN2)no1. The van der Waals surface area contributed by atoms with Crippen molar-refractivity contribution in [1.82, 2.24) is 15.4 Å². The highest BCUT2D eigenvalue weighted by Gasteiger charge is 2.25. The molecule has 1 aromatic rings. The van der Waals surface area contributed by atoms with Gasteiger partial charge in [0.25, 0.3) is 5.91 Å². The number of ether oxygens (including phenoxy) is 1. The number of nitrogens with one attached hydrogen (secondary N) is 1. The summed E-state index contributed by atoms with van der Waals surface area (Å²) in [6, 6.07) is 2.05. The molecular weight excluding hydrogens is 270 g/mol. The van der Waals surface area contributed by atoms with Gasteiger partial charge >= 0.3 is 0 Å². The van der Waals surface area contributed by atoms with Gasteiger partial charge in [-0.15, -0.1) is 0 Å². The monoisotopic (exact) mass is 295 g/mol. The topological polar surface area (TPSA) is 67.6 Å². The van der Waals surface area contributed by atoms with Crippen LogP contribution in [0, 0.1) is 5.92 Å². The van der Waals surface area contributed by atoms with Crippen LogP contribution < -0.4 is 5.32 Å². The van der Waals surface area contributed by atoms with Gasteiger partial charge in [0.1, 0.15) is 6.61 Å². The van der Waals surface area contributed by atoms with Gasteiger partial charge in [0.05, 0.1) is 0 Å². The van der Waals surface area contributed by atoms with Crippen LogP contribution in [0.25, 0.3) is 0 Å². The van der Waals surface area contributed by atoms with Crippen LogP contribution in [0.3, 0.4) is 0 Å². The summed E-state index contributed by atoms with van der Waals surface area (Å²) in [4.78, 5) is 14.5. The van der Waals surface area contributed by atoms with E-state index in [0.717, 1.165) is 26.1 Å². The number of amides is 1. The smallest absolute Gasteiger partial charge is 0.276 e. The zero-order chi connectivity index (χ0) is 15.2. The van der Waals surface area contributed by atoms with Gasteiger partial charge in [-0.1, -0.05) is 19.0 Å². The zero-order valence-corrected chi connectivity index (χ0v) is 13.1. The van der Waals surface area contributed by atoms with Gasteiger partial charge in [-0.25, -0.2) is 0 Å². The maximum Gasteiger partial charge on any atom is 0.276 e. The van der Waals surface area contributed by atoms with Crippen LogP contribution >= 0.6 is 0 Å². The van der Waals surface area contributed by atoms with E-state index in [1.165, 1.54) is 6.42 Å². The average Bonchev–Trinajstić information content (AvgIpc) is 3.08. The largest absolute Gasteiger partial charge is 0.377 e. The lowest BCUT2D eigenvalue weighted by atomic mass is 10.1. The zero-order valence-electron chi connectivity index (χ0n) is 13.1. The highest BCUT2D eigenvalue weighted by molar-refractivity contribution is 5.92. The molecular formula is C15H25N3O3. The van der Waals surface area contributed by atoms with E-state index in [2.05, 4.69) is 24.3 Å². The van der Waals surface area contributed by atoms with Crippen molar-refractivity contribution < 1.29 is 14.1 Å². The van der Waals surface area contributed by atoms with Crippen molar-refractivity contribution >= 4 is 5.91 Å². The van der Waals surface area contributed by atoms with E-state index >= 15 is 0 Å². The quantitative estimate of drug-likeness (QED) is 0.829. The maximum atomic E-state index is 12.6. The van der Waals surface area contributed by atoms with E-state index in [4.69, 9.17) is 9.26 Å². The lowest BCUT2D eigenvalue weighted by Crippen LogP contribution is -2.43. The van der Waals surface area contributed by atoms with Gasteiger partial charge in [0.15, 0.2) is 11.5 Å². The van der Waals surface area contributed by atoms with Crippen molar-refractivity contribution in [3.8, 4) is 0 Å². The van der Waals surface area contributed by atoms with Crippen LogP contribution in [0.15, 0.2) is 10.6 Å². The van der Waals surface area contributed by atoms with Crippen LogP contribution in [-0.4, -0.2) is 48.7 Å². The van der Waals surface area contributed by atoms with E-state index in [1.54, 1.807) is 13.2 Å². The number of aromatic nitrogens is 1. The fourth-order valence-electron chi connectivity index (χ4n) is 2.65. The van der Waals surface area contributed by atoms with E-state index in [9.17, 15) is 4.79 Å². The molecule has 0 spiro atoms. The molecule has 2 rings (SSSR count). The summed E-state index contributed by atoms with van der Waals surface area (Å²) in [5.74, 6) is 0.925. The van der Waals surface area contributed by atoms with E-state index < -0.39 is 0 Å². The van der Waals surface area contributed by atoms with Gasteiger partial charge < -0.3 is 19.5 Å². The fourth-order valence-corrected chi connectivity index (χ4v) is 2.65. The first-order valence-electron chi connectivity index (χ1n) is 7.57. The molecule has 2 heterocycles. The third kappa shape index (κ3) is 4.54. The van der Waals surface area contributed by atoms with Gasteiger partial charge in [0.2, 0.25) is 0 Å². The van der Waals surface area contributed by atoms with Crippen LogP contribution in [0.2, 0.25) is 0 Å². The molecule has 1 N–H and O–H groups in total. The first-order chi connectivity index (χ1) is 10.1. The third-order valence-corrected chi connectivity index (χ3v) is 3.54. The molecule has 1 aliphatic heterocycles. The lowest BCUT2D eigenvalue weighted by molar-refractivity contribution is 0.0710. The predicted octanol–water partition coefficient (Wildman–Crippen LogP) is 1.67. The molecule has 1 fully saturated rings. The number of carbonyl (C=O) groups is 1. The van der Waals surface area contributed by atoms with Gasteiger partial charge in [-0.2, -0.15) is 0 Å². The standard InChI is InChI=1S/C15H25N3O3/c1-11(2)8-18(9-12-5-4-6-16-12)15(19)14-7-13(10-20-3)21-17-14/h7,11-12,16H,4-6,8-10H2,1-3H3. The third-order valence-electron chi connectivity index (χ3n) is 3.54. The Balaban J connectivity index is 2.04. The first-order valence-corrected chi connectivity index (χ1v) is 7.57. The molecule has 6 heteroatoms. The second-order valence-electron chi connectivity index (χ2n) is 6.01. The minimum absolute atomic E-state index is 0.0662. The molecule has 0 aliphatic carbocycles. The number of rotatable bonds is 7. The van der Waals surface area contributed by atoms with Crippen molar-refractivity contribution in [3.05, 3.63) is 17.5 Å². The molecule has 21 heavy (non-hydrogen) atoms. The first kappa shape index (κ1) is 16.0. The molecule has 0 bridgehead atoms. The highest BCUT2D eigenvalue weighted by atomic mass is 16.5. The summed E-state index contributed by atoms with van der Waals surface area (Å²) < 4.78 is 10.1. The lowest BCUT2D eigenvalue weighted by Gasteiger charge is -2.26. The Kier molecular flexibility index (Phi) is 5.76. The number of carbonyl (C=O) groups excluding carboxylic acids is 1. The molecule has 1 unspecified atom stereocenters. The number of nitrogens with zero attached hydrogens (tertiary/aromatic N) is 2. The van der Waals surface area contributed by atoms with Crippen molar-refractivity contribution in [3.63, 3.8) is 0 Å². The maximum absolute atomic E-state index is 12.6. The summed E-state index contributed by atoms with van der Waals surface area (Å²) in [5.41, 5.74) is 0.362. The molecule has 6 nitrogen and oxygen atoms in total.